The van der Waals surface area contributed by atoms with Crippen molar-refractivity contribution in [3.8, 4) is 5.75 Å². The van der Waals surface area contributed by atoms with Crippen LogP contribution in [0.25, 0.3) is 10.8 Å². The molecule has 3 rings (SSSR count). The van der Waals surface area contributed by atoms with E-state index in [-0.39, 0.29) is 12.2 Å². The first-order chi connectivity index (χ1) is 11.2. The second-order valence-corrected chi connectivity index (χ2v) is 5.29. The minimum absolute atomic E-state index is 0.0459. The van der Waals surface area contributed by atoms with Gasteiger partial charge in [-0.15, -0.1) is 0 Å². The van der Waals surface area contributed by atoms with E-state index in [1.807, 2.05) is 42.5 Å². The molecule has 0 radical (unpaired) electrons. The number of ether oxygens (including phenoxy) is 1. The highest BCUT2D eigenvalue weighted by molar-refractivity contribution is 6.11. The maximum Gasteiger partial charge on any atom is 0.193 e. The minimum Gasteiger partial charge on any atom is -0.497 e. The molecule has 0 saturated heterocycles. The van der Waals surface area contributed by atoms with Crippen LogP contribution in [0.4, 0.5) is 0 Å². The van der Waals surface area contributed by atoms with Gasteiger partial charge in [0.05, 0.1) is 7.11 Å². The average molecular weight is 304 g/mol. The average Bonchev–Trinajstić information content (AvgIpc) is 2.61. The number of hydrogen-bond donors (Lipinski definition) is 0. The van der Waals surface area contributed by atoms with Crippen LogP contribution in [0.1, 0.15) is 21.5 Å². The Hall–Kier alpha value is -2.94. The van der Waals surface area contributed by atoms with Crippen molar-refractivity contribution in [3.05, 3.63) is 77.4 Å². The summed E-state index contributed by atoms with van der Waals surface area (Å²) in [5.41, 5.74) is 2.05. The molecule has 114 valence electrons. The zero-order valence-electron chi connectivity index (χ0n) is 12.8. The van der Waals surface area contributed by atoms with Gasteiger partial charge >= 0.3 is 0 Å². The van der Waals surface area contributed by atoms with Crippen LogP contribution in [0.5, 0.6) is 5.75 Å². The fourth-order valence-corrected chi connectivity index (χ4v) is 2.69. The normalized spacial score (nSPS) is 10.5. The molecule has 3 aromatic rings. The van der Waals surface area contributed by atoms with Gasteiger partial charge in [-0.25, -0.2) is 0 Å². The van der Waals surface area contributed by atoms with Gasteiger partial charge in [0, 0.05) is 17.5 Å². The maximum absolute atomic E-state index is 12.7. The summed E-state index contributed by atoms with van der Waals surface area (Å²) in [6.45, 7) is 0. The van der Waals surface area contributed by atoms with E-state index in [9.17, 15) is 9.59 Å². The molecule has 0 aliphatic carbocycles. The number of carbonyl (C=O) groups excluding carboxylic acids is 2. The third-order valence-electron chi connectivity index (χ3n) is 3.85. The number of rotatable bonds is 5. The lowest BCUT2D eigenvalue weighted by molar-refractivity contribution is -0.107. The fraction of sp³-hybridized carbons (Fsp3) is 0.100. The number of ketones is 1. The van der Waals surface area contributed by atoms with Gasteiger partial charge < -0.3 is 9.53 Å². The highest BCUT2D eigenvalue weighted by Gasteiger charge is 2.12. The van der Waals surface area contributed by atoms with Crippen molar-refractivity contribution in [1.29, 1.82) is 0 Å². The predicted octanol–water partition coefficient (Wildman–Crippen LogP) is 3.82. The number of benzene rings is 3. The summed E-state index contributed by atoms with van der Waals surface area (Å²) in [4.78, 5) is 23.7. The fourth-order valence-electron chi connectivity index (χ4n) is 2.69. The molecule has 0 bridgehead atoms. The Morgan fingerprint density at radius 3 is 2.48 bits per heavy atom. The highest BCUT2D eigenvalue weighted by atomic mass is 16.5. The molecule has 0 amide bonds. The van der Waals surface area contributed by atoms with Crippen LogP contribution in [0.2, 0.25) is 0 Å². The topological polar surface area (TPSA) is 43.4 Å². The number of hydrogen-bond acceptors (Lipinski definition) is 3. The molecule has 3 heteroatoms. The Morgan fingerprint density at radius 1 is 1.00 bits per heavy atom. The third-order valence-corrected chi connectivity index (χ3v) is 3.85. The maximum atomic E-state index is 12.7. The second-order valence-electron chi connectivity index (χ2n) is 5.29. The van der Waals surface area contributed by atoms with Crippen LogP contribution in [0, 0.1) is 0 Å². The van der Waals surface area contributed by atoms with E-state index in [1.165, 1.54) is 0 Å². The summed E-state index contributed by atoms with van der Waals surface area (Å²) in [5, 5.41) is 1.85. The molecule has 0 aromatic heterocycles. The molecule has 3 aromatic carbocycles. The van der Waals surface area contributed by atoms with Crippen LogP contribution in [-0.2, 0) is 11.2 Å². The molecule has 0 aliphatic heterocycles. The van der Waals surface area contributed by atoms with Gasteiger partial charge in [-0.05, 0) is 40.6 Å². The van der Waals surface area contributed by atoms with Crippen LogP contribution in [0.3, 0.4) is 0 Å². The molecule has 0 saturated carbocycles. The lowest BCUT2D eigenvalue weighted by Gasteiger charge is -2.10. The zero-order chi connectivity index (χ0) is 16.2. The Morgan fingerprint density at radius 2 is 1.78 bits per heavy atom. The summed E-state index contributed by atoms with van der Waals surface area (Å²) >= 11 is 0. The molecule has 0 aliphatic rings. The molecule has 0 N–H and O–H groups in total. The van der Waals surface area contributed by atoms with E-state index in [1.54, 1.807) is 25.3 Å². The van der Waals surface area contributed by atoms with E-state index < -0.39 is 0 Å². The Bertz CT molecular complexity index is 867. The van der Waals surface area contributed by atoms with Crippen molar-refractivity contribution < 1.29 is 14.3 Å². The van der Waals surface area contributed by atoms with E-state index in [2.05, 4.69) is 0 Å². The summed E-state index contributed by atoms with van der Waals surface area (Å²) in [7, 11) is 1.61. The van der Waals surface area contributed by atoms with Gasteiger partial charge in [0.1, 0.15) is 12.0 Å². The van der Waals surface area contributed by atoms with Crippen molar-refractivity contribution >= 4 is 22.8 Å². The molecule has 0 fully saturated rings. The monoisotopic (exact) mass is 304 g/mol. The van der Waals surface area contributed by atoms with Crippen LogP contribution < -0.4 is 4.74 Å². The number of aldehydes is 1. The lowest BCUT2D eigenvalue weighted by atomic mass is 9.95. The summed E-state index contributed by atoms with van der Waals surface area (Å²) in [6.07, 6.45) is 1.12. The van der Waals surface area contributed by atoms with E-state index in [0.717, 1.165) is 28.4 Å². The number of fused-ring (bicyclic) bond motifs is 1. The summed E-state index contributed by atoms with van der Waals surface area (Å²) in [6, 6.07) is 18.4. The van der Waals surface area contributed by atoms with E-state index in [0.29, 0.717) is 11.1 Å². The van der Waals surface area contributed by atoms with Crippen LogP contribution in [0.15, 0.2) is 60.7 Å². The third kappa shape index (κ3) is 2.99. The van der Waals surface area contributed by atoms with E-state index in [4.69, 9.17) is 4.74 Å². The van der Waals surface area contributed by atoms with Crippen LogP contribution in [-0.4, -0.2) is 19.2 Å². The van der Waals surface area contributed by atoms with Gasteiger partial charge in [-0.3, -0.25) is 4.79 Å². The van der Waals surface area contributed by atoms with Gasteiger partial charge in [0.15, 0.2) is 5.78 Å². The standard InChI is InChI=1S/C20H16O3/c1-23-18-8-7-15-11-17(12-16(9-10-21)19(15)13-18)20(22)14-5-3-2-4-6-14/h2-8,10-13H,9H2,1H3. The minimum atomic E-state index is -0.0459. The smallest absolute Gasteiger partial charge is 0.193 e. The van der Waals surface area contributed by atoms with Gasteiger partial charge in [-0.1, -0.05) is 36.4 Å². The van der Waals surface area contributed by atoms with E-state index >= 15 is 0 Å². The van der Waals surface area contributed by atoms with Crippen molar-refractivity contribution in [3.63, 3.8) is 0 Å². The van der Waals surface area contributed by atoms with Crippen molar-refractivity contribution in [2.24, 2.45) is 0 Å². The molecule has 0 heterocycles. The molecular formula is C20H16O3. The van der Waals surface area contributed by atoms with Crippen molar-refractivity contribution in [1.82, 2.24) is 0 Å². The van der Waals surface area contributed by atoms with Crippen molar-refractivity contribution in [2.45, 2.75) is 6.42 Å². The van der Waals surface area contributed by atoms with Crippen LogP contribution >= 0.6 is 0 Å². The summed E-state index contributed by atoms with van der Waals surface area (Å²) in [5.74, 6) is 0.683. The molecule has 0 spiro atoms. The molecular weight excluding hydrogens is 288 g/mol. The Kier molecular flexibility index (Phi) is 4.20. The zero-order valence-corrected chi connectivity index (χ0v) is 12.8. The molecule has 0 unspecified atom stereocenters. The van der Waals surface area contributed by atoms with Gasteiger partial charge in [0.2, 0.25) is 0 Å². The Balaban J connectivity index is 2.15. The SMILES string of the molecule is COc1ccc2cc(C(=O)c3ccccc3)cc(CC=O)c2c1. The van der Waals surface area contributed by atoms with Gasteiger partial charge in [0.25, 0.3) is 0 Å². The number of carbonyl (C=O) groups is 2. The largest absolute Gasteiger partial charge is 0.497 e. The molecule has 3 nitrogen and oxygen atoms in total. The summed E-state index contributed by atoms with van der Waals surface area (Å²) < 4.78 is 5.25. The first kappa shape index (κ1) is 15.0. The van der Waals surface area contributed by atoms with Gasteiger partial charge in [-0.2, -0.15) is 0 Å². The first-order valence-electron chi connectivity index (χ1n) is 7.37. The first-order valence-corrected chi connectivity index (χ1v) is 7.37. The Labute approximate surface area is 134 Å². The lowest BCUT2D eigenvalue weighted by Crippen LogP contribution is -2.03. The highest BCUT2D eigenvalue weighted by Crippen LogP contribution is 2.27. The predicted molar refractivity (Wildman–Crippen MR) is 90.1 cm³/mol. The molecule has 23 heavy (non-hydrogen) atoms. The number of methoxy groups -OCH3 is 1. The quantitative estimate of drug-likeness (QED) is 0.531. The van der Waals surface area contributed by atoms with Crippen molar-refractivity contribution in [2.75, 3.05) is 7.11 Å². The second kappa shape index (κ2) is 6.44. The molecule has 0 atom stereocenters.